The monoisotopic (exact) mass is 465 g/mol. The molecule has 1 fully saturated rings. The Balaban J connectivity index is 1.76. The number of thioether (sulfide) groups is 1. The van der Waals surface area contributed by atoms with Gasteiger partial charge in [-0.3, -0.25) is 14.5 Å². The van der Waals surface area contributed by atoms with Crippen LogP contribution in [0, 0.1) is 0 Å². The summed E-state index contributed by atoms with van der Waals surface area (Å²) in [5.74, 6) is -0.180. The molecule has 1 atom stereocenters. The van der Waals surface area contributed by atoms with Gasteiger partial charge < -0.3 is 10.1 Å². The molecule has 2 heterocycles. The van der Waals surface area contributed by atoms with Crippen LogP contribution in [0.15, 0.2) is 63.0 Å². The number of amidine groups is 1. The maximum Gasteiger partial charge on any atom is 0.294 e. The predicted molar refractivity (Wildman–Crippen MR) is 118 cm³/mol. The van der Waals surface area contributed by atoms with Gasteiger partial charge in [-0.05, 0) is 23.6 Å². The Kier molecular flexibility index (Phi) is 6.95. The number of thiophene rings is 1. The molecule has 0 unspecified atom stereocenters. The third-order valence-electron chi connectivity index (χ3n) is 4.00. The van der Waals surface area contributed by atoms with Gasteiger partial charge in [0.15, 0.2) is 5.17 Å². The van der Waals surface area contributed by atoms with E-state index in [2.05, 4.69) is 16.3 Å². The summed E-state index contributed by atoms with van der Waals surface area (Å²) in [6.07, 6.45) is 1.34. The Morgan fingerprint density at radius 1 is 1.37 bits per heavy atom. The lowest BCUT2D eigenvalue weighted by Gasteiger charge is -2.13. The highest BCUT2D eigenvalue weighted by Gasteiger charge is 2.39. The van der Waals surface area contributed by atoms with Crippen molar-refractivity contribution in [1.29, 1.82) is 0 Å². The molecule has 1 aliphatic heterocycles. The fraction of sp³-hybridized carbons (Fsp3) is 0.211. The van der Waals surface area contributed by atoms with Gasteiger partial charge in [0.1, 0.15) is 15.2 Å². The number of sulfonamides is 1. The minimum atomic E-state index is -3.94. The number of rotatable bonds is 8. The van der Waals surface area contributed by atoms with Crippen molar-refractivity contribution < 1.29 is 22.7 Å². The van der Waals surface area contributed by atoms with Crippen LogP contribution in [0.1, 0.15) is 6.42 Å². The first-order chi connectivity index (χ1) is 14.3. The number of carbonyl (C=O) groups is 2. The van der Waals surface area contributed by atoms with Crippen LogP contribution in [-0.4, -0.2) is 49.2 Å². The van der Waals surface area contributed by atoms with Crippen molar-refractivity contribution in [1.82, 2.24) is 4.90 Å². The van der Waals surface area contributed by atoms with E-state index in [1.54, 1.807) is 35.7 Å². The van der Waals surface area contributed by atoms with Crippen LogP contribution in [0.25, 0.3) is 0 Å². The molecule has 1 aromatic carbocycles. The largest absolute Gasteiger partial charge is 0.497 e. The van der Waals surface area contributed by atoms with E-state index in [1.165, 1.54) is 24.2 Å². The first-order valence-electron chi connectivity index (χ1n) is 8.75. The maximum absolute atomic E-state index is 12.8. The number of benzene rings is 1. The zero-order valence-corrected chi connectivity index (χ0v) is 18.4. The molecule has 1 N–H and O–H groups in total. The third kappa shape index (κ3) is 5.10. The van der Waals surface area contributed by atoms with E-state index in [0.717, 1.165) is 23.1 Å². The van der Waals surface area contributed by atoms with Gasteiger partial charge in [0.25, 0.3) is 10.0 Å². The molecule has 1 aliphatic rings. The lowest BCUT2D eigenvalue weighted by atomic mass is 10.2. The topological polar surface area (TPSA) is 105 Å². The molecule has 0 aliphatic carbocycles. The summed E-state index contributed by atoms with van der Waals surface area (Å²) < 4.78 is 34.0. The summed E-state index contributed by atoms with van der Waals surface area (Å²) in [5, 5.41) is 3.60. The Morgan fingerprint density at radius 3 is 2.83 bits per heavy atom. The van der Waals surface area contributed by atoms with Gasteiger partial charge in [-0.15, -0.1) is 22.3 Å². The van der Waals surface area contributed by atoms with Crippen molar-refractivity contribution in [2.24, 2.45) is 4.40 Å². The van der Waals surface area contributed by atoms with Crippen molar-refractivity contribution in [3.05, 3.63) is 54.4 Å². The zero-order valence-electron chi connectivity index (χ0n) is 16.0. The number of nitrogens with zero attached hydrogens (tertiary/aromatic N) is 2. The number of hydrogen-bond donors (Lipinski definition) is 1. The van der Waals surface area contributed by atoms with Gasteiger partial charge in [0, 0.05) is 24.7 Å². The predicted octanol–water partition coefficient (Wildman–Crippen LogP) is 2.96. The fourth-order valence-corrected chi connectivity index (χ4v) is 5.98. The number of anilines is 1. The van der Waals surface area contributed by atoms with E-state index in [-0.39, 0.29) is 34.2 Å². The molecule has 1 aromatic heterocycles. The normalized spacial score (nSPS) is 17.9. The van der Waals surface area contributed by atoms with Crippen molar-refractivity contribution in [3.63, 3.8) is 0 Å². The third-order valence-corrected chi connectivity index (χ3v) is 7.93. The molecule has 11 heteroatoms. The lowest BCUT2D eigenvalue weighted by Crippen LogP contribution is -2.33. The molecule has 0 saturated carbocycles. The molecule has 2 amide bonds. The number of ether oxygens (including phenoxy) is 1. The van der Waals surface area contributed by atoms with Gasteiger partial charge in [-0.1, -0.05) is 30.0 Å². The van der Waals surface area contributed by atoms with E-state index in [9.17, 15) is 18.0 Å². The van der Waals surface area contributed by atoms with Crippen LogP contribution in [0.4, 0.5) is 5.69 Å². The SMILES string of the molecule is C=CCN1C(=O)[C@H](CC(=O)Nc2cccc(OC)c2)SC1=NS(=O)(=O)c1cccs1. The molecule has 2 aromatic rings. The van der Waals surface area contributed by atoms with Gasteiger partial charge in [-0.25, -0.2) is 0 Å². The van der Waals surface area contributed by atoms with E-state index in [4.69, 9.17) is 4.74 Å². The molecule has 0 radical (unpaired) electrons. The Bertz CT molecular complexity index is 1080. The second-order valence-corrected chi connectivity index (χ2v) is 10.1. The molecule has 30 heavy (non-hydrogen) atoms. The average molecular weight is 466 g/mol. The molecule has 8 nitrogen and oxygen atoms in total. The minimum Gasteiger partial charge on any atom is -0.497 e. The van der Waals surface area contributed by atoms with E-state index in [1.807, 2.05) is 0 Å². The van der Waals surface area contributed by atoms with Crippen LogP contribution < -0.4 is 10.1 Å². The minimum absolute atomic E-state index is 0.0347. The molecule has 3 rings (SSSR count). The lowest BCUT2D eigenvalue weighted by molar-refractivity contribution is -0.127. The van der Waals surface area contributed by atoms with Gasteiger partial charge in [-0.2, -0.15) is 8.42 Å². The Morgan fingerprint density at radius 2 is 2.17 bits per heavy atom. The smallest absolute Gasteiger partial charge is 0.294 e. The summed E-state index contributed by atoms with van der Waals surface area (Å²) in [5.41, 5.74) is 0.534. The quantitative estimate of drug-likeness (QED) is 0.601. The van der Waals surface area contributed by atoms with Crippen LogP contribution >= 0.6 is 23.1 Å². The maximum atomic E-state index is 12.8. The number of hydrogen-bond acceptors (Lipinski definition) is 7. The van der Waals surface area contributed by atoms with Gasteiger partial charge in [0.2, 0.25) is 11.8 Å². The fourth-order valence-electron chi connectivity index (χ4n) is 2.65. The Labute approximate surface area is 182 Å². The zero-order chi connectivity index (χ0) is 21.7. The first-order valence-corrected chi connectivity index (χ1v) is 12.0. The molecule has 0 spiro atoms. The van der Waals surface area contributed by atoms with Crippen molar-refractivity contribution in [2.45, 2.75) is 15.9 Å². The number of amides is 2. The summed E-state index contributed by atoms with van der Waals surface area (Å²) in [6, 6.07) is 9.90. The molecular weight excluding hydrogens is 446 g/mol. The number of methoxy groups -OCH3 is 1. The van der Waals surface area contributed by atoms with Crippen LogP contribution in [0.5, 0.6) is 5.75 Å². The van der Waals surface area contributed by atoms with Crippen LogP contribution in [0.3, 0.4) is 0 Å². The summed E-state index contributed by atoms with van der Waals surface area (Å²) in [7, 11) is -2.42. The van der Waals surface area contributed by atoms with Crippen LogP contribution in [-0.2, 0) is 19.6 Å². The van der Waals surface area contributed by atoms with E-state index >= 15 is 0 Å². The van der Waals surface area contributed by atoms with Gasteiger partial charge >= 0.3 is 0 Å². The summed E-state index contributed by atoms with van der Waals surface area (Å²) in [6.45, 7) is 3.70. The van der Waals surface area contributed by atoms with E-state index in [0.29, 0.717) is 11.4 Å². The molecular formula is C19H19N3O5S3. The molecule has 158 valence electrons. The number of carbonyl (C=O) groups excluding carboxylic acids is 2. The van der Waals surface area contributed by atoms with Gasteiger partial charge in [0.05, 0.1) is 7.11 Å². The highest BCUT2D eigenvalue weighted by atomic mass is 32.2. The Hall–Kier alpha value is -2.63. The van der Waals surface area contributed by atoms with Crippen molar-refractivity contribution in [3.8, 4) is 5.75 Å². The summed E-state index contributed by atoms with van der Waals surface area (Å²) in [4.78, 5) is 26.4. The molecule has 1 saturated heterocycles. The van der Waals surface area contributed by atoms with Crippen molar-refractivity contribution in [2.75, 3.05) is 19.0 Å². The highest BCUT2D eigenvalue weighted by molar-refractivity contribution is 8.16. The first kappa shape index (κ1) is 22.1. The number of nitrogens with one attached hydrogen (secondary N) is 1. The van der Waals surface area contributed by atoms with Crippen molar-refractivity contribution >= 4 is 55.8 Å². The summed E-state index contributed by atoms with van der Waals surface area (Å²) >= 11 is 2.00. The standard InChI is InChI=1S/C19H19N3O5S3/c1-3-9-22-18(24)15(12-16(23)20-13-6-4-7-14(11-13)27-2)29-19(22)21-30(25,26)17-8-5-10-28-17/h3-8,10-11,15H,1,9,12H2,2H3,(H,20,23)/t15-/m0/s1. The second-order valence-electron chi connectivity index (χ2n) is 6.11. The van der Waals surface area contributed by atoms with E-state index < -0.39 is 15.3 Å². The highest BCUT2D eigenvalue weighted by Crippen LogP contribution is 2.32. The second kappa shape index (κ2) is 9.45. The van der Waals surface area contributed by atoms with Crippen LogP contribution in [0.2, 0.25) is 0 Å². The average Bonchev–Trinajstić information content (AvgIpc) is 3.34. The molecule has 0 bridgehead atoms.